The number of alkyl halides is 2. The zero-order chi connectivity index (χ0) is 15.8. The van der Waals surface area contributed by atoms with E-state index in [4.69, 9.17) is 0 Å². The molecule has 21 heavy (non-hydrogen) atoms. The Labute approximate surface area is 127 Å². The summed E-state index contributed by atoms with van der Waals surface area (Å²) in [5.41, 5.74) is 0.321. The van der Waals surface area contributed by atoms with E-state index in [-0.39, 0.29) is 12.6 Å². The molecule has 1 rings (SSSR count). The maximum Gasteiger partial charge on any atom is 0.319 e. The van der Waals surface area contributed by atoms with Gasteiger partial charge in [0.25, 0.3) is 5.76 Å². The third-order valence-corrected chi connectivity index (χ3v) is 3.45. The quantitative estimate of drug-likeness (QED) is 0.674. The van der Waals surface area contributed by atoms with E-state index in [2.05, 4.69) is 10.6 Å². The maximum atomic E-state index is 12.4. The molecule has 0 aromatic heterocycles. The Balaban J connectivity index is 2.65. The number of aliphatic hydroxyl groups is 1. The van der Waals surface area contributed by atoms with Gasteiger partial charge in [-0.25, -0.2) is 4.79 Å². The molecule has 1 aromatic rings. The Hall–Kier alpha value is -1.34. The number of carbonyl (C=O) groups excluding carboxylic acids is 1. The van der Waals surface area contributed by atoms with Crippen molar-refractivity contribution in [3.05, 3.63) is 24.3 Å². The van der Waals surface area contributed by atoms with Crippen LogP contribution < -0.4 is 10.6 Å². The molecule has 0 aliphatic carbocycles. The second-order valence-corrected chi connectivity index (χ2v) is 6.01. The summed E-state index contributed by atoms with van der Waals surface area (Å²) in [6.45, 7) is 3.80. The minimum Gasteiger partial charge on any atom is -0.394 e. The topological polar surface area (TPSA) is 61.4 Å². The standard InChI is InChI=1S/C14H20F2N2O2S/c1-9(2)7-10(8-19)17-14(20)18-11-5-3-4-6-12(11)21-13(15)16/h3-6,9-10,13,19H,7-8H2,1-2H3,(H2,17,18,20). The summed E-state index contributed by atoms with van der Waals surface area (Å²) < 4.78 is 24.9. The molecular formula is C14H20F2N2O2S. The summed E-state index contributed by atoms with van der Waals surface area (Å²) in [5, 5.41) is 14.4. The fourth-order valence-corrected chi connectivity index (χ4v) is 2.46. The van der Waals surface area contributed by atoms with Crippen molar-refractivity contribution >= 4 is 23.5 Å². The van der Waals surface area contributed by atoms with Crippen LogP contribution in [-0.2, 0) is 0 Å². The van der Waals surface area contributed by atoms with E-state index in [1.54, 1.807) is 18.2 Å². The van der Waals surface area contributed by atoms with Crippen LogP contribution in [0.3, 0.4) is 0 Å². The van der Waals surface area contributed by atoms with E-state index >= 15 is 0 Å². The van der Waals surface area contributed by atoms with Gasteiger partial charge in [0.05, 0.1) is 18.3 Å². The second kappa shape index (κ2) is 8.84. The molecule has 1 atom stereocenters. The number of hydrogen-bond acceptors (Lipinski definition) is 3. The lowest BCUT2D eigenvalue weighted by atomic mass is 10.0. The van der Waals surface area contributed by atoms with E-state index in [9.17, 15) is 18.7 Å². The number of anilines is 1. The van der Waals surface area contributed by atoms with Crippen LogP contribution >= 0.6 is 11.8 Å². The van der Waals surface area contributed by atoms with Crippen molar-refractivity contribution in [3.8, 4) is 0 Å². The first kappa shape index (κ1) is 17.7. The van der Waals surface area contributed by atoms with Crippen LogP contribution in [0.15, 0.2) is 29.2 Å². The van der Waals surface area contributed by atoms with Gasteiger partial charge >= 0.3 is 6.03 Å². The van der Waals surface area contributed by atoms with Crippen LogP contribution in [0.5, 0.6) is 0 Å². The summed E-state index contributed by atoms with van der Waals surface area (Å²) in [7, 11) is 0. The summed E-state index contributed by atoms with van der Waals surface area (Å²) in [6.07, 6.45) is 0.636. The first-order valence-corrected chi connectivity index (χ1v) is 7.52. The molecule has 0 aliphatic rings. The molecule has 3 N–H and O–H groups in total. The number of urea groups is 1. The number of thioether (sulfide) groups is 1. The zero-order valence-electron chi connectivity index (χ0n) is 12.0. The summed E-state index contributed by atoms with van der Waals surface area (Å²) >= 11 is 0.377. The Morgan fingerprint density at radius 2 is 2.00 bits per heavy atom. The predicted octanol–water partition coefficient (Wildman–Crippen LogP) is 3.53. The third kappa shape index (κ3) is 6.77. The highest BCUT2D eigenvalue weighted by Gasteiger charge is 2.15. The first-order valence-electron chi connectivity index (χ1n) is 6.64. The Morgan fingerprint density at radius 3 is 2.57 bits per heavy atom. The summed E-state index contributed by atoms with van der Waals surface area (Å²) in [6, 6.07) is 5.48. The fourth-order valence-electron chi connectivity index (χ4n) is 1.86. The van der Waals surface area contributed by atoms with Crippen LogP contribution in [0.4, 0.5) is 19.3 Å². The molecule has 0 fully saturated rings. The van der Waals surface area contributed by atoms with E-state index in [0.29, 0.717) is 34.7 Å². The van der Waals surface area contributed by atoms with Crippen LogP contribution in [0.1, 0.15) is 20.3 Å². The molecule has 1 unspecified atom stereocenters. The molecule has 0 aliphatic heterocycles. The Morgan fingerprint density at radius 1 is 1.33 bits per heavy atom. The number of para-hydroxylation sites is 1. The number of hydrogen-bond donors (Lipinski definition) is 3. The highest BCUT2D eigenvalue weighted by atomic mass is 32.2. The normalized spacial score (nSPS) is 12.5. The van der Waals surface area contributed by atoms with E-state index in [0.717, 1.165) is 0 Å². The molecule has 118 valence electrons. The molecule has 0 bridgehead atoms. The number of halogens is 2. The molecule has 0 radical (unpaired) electrons. The van der Waals surface area contributed by atoms with Gasteiger partial charge in [-0.15, -0.1) is 0 Å². The van der Waals surface area contributed by atoms with Gasteiger partial charge in [0.2, 0.25) is 0 Å². The van der Waals surface area contributed by atoms with Crippen LogP contribution in [-0.4, -0.2) is 29.5 Å². The minimum atomic E-state index is -2.55. The molecule has 0 saturated carbocycles. The SMILES string of the molecule is CC(C)CC(CO)NC(=O)Nc1ccccc1SC(F)F. The lowest BCUT2D eigenvalue weighted by Gasteiger charge is -2.19. The maximum absolute atomic E-state index is 12.4. The molecule has 0 heterocycles. The first-order chi connectivity index (χ1) is 9.92. The fraction of sp³-hybridized carbons (Fsp3) is 0.500. The Kier molecular flexibility index (Phi) is 7.45. The molecule has 0 saturated heterocycles. The highest BCUT2D eigenvalue weighted by Crippen LogP contribution is 2.31. The van der Waals surface area contributed by atoms with Crippen molar-refractivity contribution in [3.63, 3.8) is 0 Å². The van der Waals surface area contributed by atoms with Gasteiger partial charge in [0.1, 0.15) is 0 Å². The van der Waals surface area contributed by atoms with Gasteiger partial charge in [-0.1, -0.05) is 37.7 Å². The van der Waals surface area contributed by atoms with Gasteiger partial charge in [0, 0.05) is 4.90 Å². The van der Waals surface area contributed by atoms with Crippen LogP contribution in [0.2, 0.25) is 0 Å². The summed E-state index contributed by atoms with van der Waals surface area (Å²) in [5.74, 6) is -2.23. The number of amides is 2. The van der Waals surface area contributed by atoms with Gasteiger partial charge in [-0.3, -0.25) is 0 Å². The molecule has 1 aromatic carbocycles. The number of aliphatic hydroxyl groups excluding tert-OH is 1. The number of rotatable bonds is 7. The molecule has 4 nitrogen and oxygen atoms in total. The van der Waals surface area contributed by atoms with Gasteiger partial charge in [-0.2, -0.15) is 8.78 Å². The zero-order valence-corrected chi connectivity index (χ0v) is 12.8. The molecular weight excluding hydrogens is 298 g/mol. The smallest absolute Gasteiger partial charge is 0.319 e. The van der Waals surface area contributed by atoms with Crippen LogP contribution in [0.25, 0.3) is 0 Å². The molecule has 7 heteroatoms. The van der Waals surface area contributed by atoms with E-state index < -0.39 is 11.8 Å². The van der Waals surface area contributed by atoms with Crippen molar-refractivity contribution in [2.45, 2.75) is 37.0 Å². The summed E-state index contributed by atoms with van der Waals surface area (Å²) in [4.78, 5) is 12.2. The minimum absolute atomic E-state index is 0.168. The van der Waals surface area contributed by atoms with Crippen molar-refractivity contribution in [1.82, 2.24) is 5.32 Å². The van der Waals surface area contributed by atoms with Gasteiger partial charge in [0.15, 0.2) is 0 Å². The third-order valence-electron chi connectivity index (χ3n) is 2.66. The number of benzene rings is 1. The molecule has 2 amide bonds. The average molecular weight is 318 g/mol. The van der Waals surface area contributed by atoms with Crippen LogP contribution in [0, 0.1) is 5.92 Å². The monoisotopic (exact) mass is 318 g/mol. The number of carbonyl (C=O) groups is 1. The largest absolute Gasteiger partial charge is 0.394 e. The second-order valence-electron chi connectivity index (χ2n) is 4.98. The van der Waals surface area contributed by atoms with E-state index in [1.807, 2.05) is 13.8 Å². The number of nitrogens with one attached hydrogen (secondary N) is 2. The van der Waals surface area contributed by atoms with E-state index in [1.165, 1.54) is 6.07 Å². The Bertz CT molecular complexity index is 458. The average Bonchev–Trinajstić information content (AvgIpc) is 2.39. The van der Waals surface area contributed by atoms with Crippen molar-refractivity contribution < 1.29 is 18.7 Å². The van der Waals surface area contributed by atoms with Crippen molar-refractivity contribution in [2.75, 3.05) is 11.9 Å². The lowest BCUT2D eigenvalue weighted by Crippen LogP contribution is -2.41. The predicted molar refractivity (Wildman–Crippen MR) is 80.8 cm³/mol. The van der Waals surface area contributed by atoms with Crippen molar-refractivity contribution in [2.24, 2.45) is 5.92 Å². The van der Waals surface area contributed by atoms with Crippen molar-refractivity contribution in [1.29, 1.82) is 0 Å². The molecule has 0 spiro atoms. The highest BCUT2D eigenvalue weighted by molar-refractivity contribution is 7.99. The van der Waals surface area contributed by atoms with Gasteiger partial charge < -0.3 is 15.7 Å². The lowest BCUT2D eigenvalue weighted by molar-refractivity contribution is 0.214. The van der Waals surface area contributed by atoms with Gasteiger partial charge in [-0.05, 0) is 24.5 Å².